The average Bonchev–Trinajstić information content (AvgIpc) is 2.85. The van der Waals surface area contributed by atoms with Gasteiger partial charge in [-0.2, -0.15) is 0 Å². The predicted molar refractivity (Wildman–Crippen MR) is 74.7 cm³/mol. The van der Waals surface area contributed by atoms with Gasteiger partial charge >= 0.3 is 0 Å². The molecule has 1 heterocycles. The highest BCUT2D eigenvalue weighted by Gasteiger charge is 2.17. The van der Waals surface area contributed by atoms with Crippen molar-refractivity contribution in [1.82, 2.24) is 4.98 Å². The number of aryl methyl sites for hydroxylation is 1. The van der Waals surface area contributed by atoms with Gasteiger partial charge in [0.2, 0.25) is 0 Å². The minimum Gasteiger partial charge on any atom is -0.491 e. The number of para-hydroxylation sites is 1. The highest BCUT2D eigenvalue weighted by molar-refractivity contribution is 7.09. The highest BCUT2D eigenvalue weighted by atomic mass is 32.1. The van der Waals surface area contributed by atoms with Gasteiger partial charge in [-0.15, -0.1) is 11.3 Å². The van der Waals surface area contributed by atoms with Crippen LogP contribution in [0.4, 0.5) is 0 Å². The molecule has 1 atom stereocenters. The van der Waals surface area contributed by atoms with Gasteiger partial charge < -0.3 is 14.6 Å². The SMILES string of the molecule is COCCOc1ccccc1C(O)c1csc(C)n1. The van der Waals surface area contributed by atoms with Gasteiger partial charge in [-0.25, -0.2) is 4.98 Å². The minimum absolute atomic E-state index is 0.455. The fraction of sp³-hybridized carbons (Fsp3) is 0.357. The van der Waals surface area contributed by atoms with Crippen molar-refractivity contribution in [3.8, 4) is 5.75 Å². The largest absolute Gasteiger partial charge is 0.491 e. The summed E-state index contributed by atoms with van der Waals surface area (Å²) in [4.78, 5) is 4.31. The summed E-state index contributed by atoms with van der Waals surface area (Å²) in [6, 6.07) is 7.44. The lowest BCUT2D eigenvalue weighted by Crippen LogP contribution is -2.08. The summed E-state index contributed by atoms with van der Waals surface area (Å²) in [6.45, 7) is 2.89. The monoisotopic (exact) mass is 279 g/mol. The second-order valence-electron chi connectivity index (χ2n) is 4.07. The van der Waals surface area contributed by atoms with Gasteiger partial charge in [0, 0.05) is 18.1 Å². The lowest BCUT2D eigenvalue weighted by molar-refractivity contribution is 0.142. The smallest absolute Gasteiger partial charge is 0.125 e. The number of hydrogen-bond donors (Lipinski definition) is 1. The van der Waals surface area contributed by atoms with Crippen LogP contribution >= 0.6 is 11.3 Å². The van der Waals surface area contributed by atoms with Crippen molar-refractivity contribution in [1.29, 1.82) is 0 Å². The van der Waals surface area contributed by atoms with E-state index in [1.165, 1.54) is 11.3 Å². The van der Waals surface area contributed by atoms with E-state index in [4.69, 9.17) is 9.47 Å². The van der Waals surface area contributed by atoms with E-state index in [-0.39, 0.29) is 0 Å². The first-order chi connectivity index (χ1) is 9.22. The normalized spacial score (nSPS) is 12.4. The van der Waals surface area contributed by atoms with E-state index in [9.17, 15) is 5.11 Å². The van der Waals surface area contributed by atoms with Crippen LogP contribution in [0.5, 0.6) is 5.75 Å². The second kappa shape index (κ2) is 6.65. The molecule has 0 amide bonds. The molecule has 0 aliphatic heterocycles. The van der Waals surface area contributed by atoms with Gasteiger partial charge in [0.1, 0.15) is 18.5 Å². The average molecular weight is 279 g/mol. The van der Waals surface area contributed by atoms with Crippen molar-refractivity contribution in [2.24, 2.45) is 0 Å². The van der Waals surface area contributed by atoms with Gasteiger partial charge in [0.15, 0.2) is 0 Å². The summed E-state index contributed by atoms with van der Waals surface area (Å²) in [5.74, 6) is 0.665. The topological polar surface area (TPSA) is 51.6 Å². The molecule has 0 aliphatic rings. The van der Waals surface area contributed by atoms with Crippen LogP contribution < -0.4 is 4.74 Å². The standard InChI is InChI=1S/C14H17NO3S/c1-10-15-12(9-19-10)14(16)11-5-3-4-6-13(11)18-8-7-17-2/h3-6,9,14,16H,7-8H2,1-2H3. The van der Waals surface area contributed by atoms with E-state index in [2.05, 4.69) is 4.98 Å². The fourth-order valence-corrected chi connectivity index (χ4v) is 2.37. The summed E-state index contributed by atoms with van der Waals surface area (Å²) < 4.78 is 10.6. The summed E-state index contributed by atoms with van der Waals surface area (Å²) in [7, 11) is 1.63. The molecule has 0 saturated carbocycles. The molecule has 0 aliphatic carbocycles. The van der Waals surface area contributed by atoms with Crippen molar-refractivity contribution in [2.75, 3.05) is 20.3 Å². The van der Waals surface area contributed by atoms with Gasteiger partial charge in [0.05, 0.1) is 17.3 Å². The van der Waals surface area contributed by atoms with Crippen LogP contribution in [0.25, 0.3) is 0 Å². The molecule has 0 saturated heterocycles. The lowest BCUT2D eigenvalue weighted by atomic mass is 10.1. The maximum Gasteiger partial charge on any atom is 0.125 e. The number of methoxy groups -OCH3 is 1. The van der Waals surface area contributed by atoms with E-state index >= 15 is 0 Å². The molecule has 0 spiro atoms. The van der Waals surface area contributed by atoms with E-state index in [1.807, 2.05) is 36.6 Å². The Morgan fingerprint density at radius 3 is 2.79 bits per heavy atom. The van der Waals surface area contributed by atoms with Crippen LogP contribution in [0.1, 0.15) is 22.4 Å². The van der Waals surface area contributed by atoms with Crippen LogP contribution in [-0.4, -0.2) is 30.4 Å². The van der Waals surface area contributed by atoms with Crippen LogP contribution in [0.3, 0.4) is 0 Å². The Morgan fingerprint density at radius 2 is 2.11 bits per heavy atom. The third kappa shape index (κ3) is 3.53. The molecule has 1 aromatic carbocycles. The number of ether oxygens (including phenoxy) is 2. The number of aromatic nitrogens is 1. The summed E-state index contributed by atoms with van der Waals surface area (Å²) >= 11 is 1.52. The Morgan fingerprint density at radius 1 is 1.32 bits per heavy atom. The molecule has 0 radical (unpaired) electrons. The Labute approximate surface area is 116 Å². The molecular formula is C14H17NO3S. The maximum atomic E-state index is 10.4. The van der Waals surface area contributed by atoms with Crippen LogP contribution in [0.15, 0.2) is 29.6 Å². The van der Waals surface area contributed by atoms with E-state index in [1.54, 1.807) is 7.11 Å². The van der Waals surface area contributed by atoms with Gasteiger partial charge in [0.25, 0.3) is 0 Å². The number of benzene rings is 1. The number of aliphatic hydroxyl groups is 1. The molecule has 1 N–H and O–H groups in total. The second-order valence-corrected chi connectivity index (χ2v) is 5.14. The number of aliphatic hydroxyl groups excluding tert-OH is 1. The predicted octanol–water partition coefficient (Wildman–Crippen LogP) is 2.56. The maximum absolute atomic E-state index is 10.4. The Hall–Kier alpha value is -1.43. The first-order valence-corrected chi connectivity index (χ1v) is 6.91. The quantitative estimate of drug-likeness (QED) is 0.826. The number of rotatable bonds is 6. The third-order valence-corrected chi connectivity index (χ3v) is 3.47. The van der Waals surface area contributed by atoms with Crippen molar-refractivity contribution < 1.29 is 14.6 Å². The fourth-order valence-electron chi connectivity index (χ4n) is 1.74. The first kappa shape index (κ1) is 14.0. The van der Waals surface area contributed by atoms with E-state index in [0.29, 0.717) is 24.7 Å². The molecule has 5 heteroatoms. The number of hydrogen-bond acceptors (Lipinski definition) is 5. The van der Waals surface area contributed by atoms with Gasteiger partial charge in [-0.05, 0) is 13.0 Å². The molecule has 0 fully saturated rings. The molecule has 1 aromatic heterocycles. The zero-order chi connectivity index (χ0) is 13.7. The lowest BCUT2D eigenvalue weighted by Gasteiger charge is -2.14. The van der Waals surface area contributed by atoms with Crippen LogP contribution in [-0.2, 0) is 4.74 Å². The Kier molecular flexibility index (Phi) is 4.90. The Bertz CT molecular complexity index is 527. The molecule has 1 unspecified atom stereocenters. The highest BCUT2D eigenvalue weighted by Crippen LogP contribution is 2.30. The summed E-state index contributed by atoms with van der Waals surface area (Å²) in [5.41, 5.74) is 1.38. The van der Waals surface area contributed by atoms with Gasteiger partial charge in [-0.3, -0.25) is 0 Å². The van der Waals surface area contributed by atoms with Crippen molar-refractivity contribution in [3.63, 3.8) is 0 Å². The molecule has 19 heavy (non-hydrogen) atoms. The summed E-state index contributed by atoms with van der Waals surface area (Å²) in [6.07, 6.45) is -0.760. The van der Waals surface area contributed by atoms with Crippen molar-refractivity contribution in [2.45, 2.75) is 13.0 Å². The molecule has 0 bridgehead atoms. The van der Waals surface area contributed by atoms with Crippen LogP contribution in [0.2, 0.25) is 0 Å². The minimum atomic E-state index is -0.760. The molecule has 2 aromatic rings. The molecule has 102 valence electrons. The number of nitrogens with zero attached hydrogens (tertiary/aromatic N) is 1. The van der Waals surface area contributed by atoms with Crippen molar-refractivity contribution in [3.05, 3.63) is 45.9 Å². The van der Waals surface area contributed by atoms with Gasteiger partial charge in [-0.1, -0.05) is 18.2 Å². The van der Waals surface area contributed by atoms with E-state index in [0.717, 1.165) is 10.6 Å². The Balaban J connectivity index is 2.18. The first-order valence-electron chi connectivity index (χ1n) is 6.03. The summed E-state index contributed by atoms with van der Waals surface area (Å²) in [5, 5.41) is 13.2. The zero-order valence-corrected chi connectivity index (χ0v) is 11.8. The number of thiazole rings is 1. The zero-order valence-electron chi connectivity index (χ0n) is 11.0. The molecular weight excluding hydrogens is 262 g/mol. The van der Waals surface area contributed by atoms with Crippen LogP contribution in [0, 0.1) is 6.92 Å². The molecule has 2 rings (SSSR count). The molecule has 4 nitrogen and oxygen atoms in total. The third-order valence-electron chi connectivity index (χ3n) is 2.68. The van der Waals surface area contributed by atoms with E-state index < -0.39 is 6.10 Å². The van der Waals surface area contributed by atoms with Crippen molar-refractivity contribution >= 4 is 11.3 Å².